The lowest BCUT2D eigenvalue weighted by Gasteiger charge is -2.11. The fraction of sp³-hybridized carbons (Fsp3) is 0.0769. The molecule has 0 bridgehead atoms. The van der Waals surface area contributed by atoms with Crippen LogP contribution in [0.1, 0.15) is 5.56 Å². The lowest BCUT2D eigenvalue weighted by molar-refractivity contribution is 0.511. The summed E-state index contributed by atoms with van der Waals surface area (Å²) in [5.41, 5.74) is 0.515. The van der Waals surface area contributed by atoms with Gasteiger partial charge in [0.15, 0.2) is 11.6 Å². The second-order valence-electron chi connectivity index (χ2n) is 4.14. The van der Waals surface area contributed by atoms with Gasteiger partial charge >= 0.3 is 0 Å². The highest BCUT2D eigenvalue weighted by molar-refractivity contribution is 14.1. The Labute approximate surface area is 129 Å². The smallest absolute Gasteiger partial charge is 0.262 e. The predicted octanol–water partition coefficient (Wildman–Crippen LogP) is 3.68. The van der Waals surface area contributed by atoms with E-state index in [-0.39, 0.29) is 14.2 Å². The molecule has 0 saturated carbocycles. The fourth-order valence-corrected chi connectivity index (χ4v) is 3.35. The molecule has 0 spiro atoms. The van der Waals surface area contributed by atoms with Gasteiger partial charge in [-0.05, 0) is 53.8 Å². The van der Waals surface area contributed by atoms with Crippen molar-refractivity contribution in [2.24, 2.45) is 0 Å². The Morgan fingerprint density at radius 1 is 1.05 bits per heavy atom. The number of rotatable bonds is 3. The van der Waals surface area contributed by atoms with Gasteiger partial charge in [-0.15, -0.1) is 0 Å². The van der Waals surface area contributed by atoms with Gasteiger partial charge < -0.3 is 0 Å². The van der Waals surface area contributed by atoms with Crippen LogP contribution >= 0.6 is 22.6 Å². The van der Waals surface area contributed by atoms with Crippen LogP contribution in [0.15, 0.2) is 41.3 Å². The maximum atomic E-state index is 13.7. The van der Waals surface area contributed by atoms with E-state index in [2.05, 4.69) is 4.72 Å². The van der Waals surface area contributed by atoms with E-state index in [4.69, 9.17) is 0 Å². The number of halogens is 3. The van der Waals surface area contributed by atoms with Crippen molar-refractivity contribution in [2.75, 3.05) is 4.72 Å². The minimum absolute atomic E-state index is 0.0115. The first kappa shape index (κ1) is 15.2. The summed E-state index contributed by atoms with van der Waals surface area (Å²) in [6.45, 7) is 1.82. The van der Waals surface area contributed by atoms with Gasteiger partial charge in [-0.25, -0.2) is 17.2 Å². The Balaban J connectivity index is 2.43. The van der Waals surface area contributed by atoms with Crippen molar-refractivity contribution in [2.45, 2.75) is 11.8 Å². The topological polar surface area (TPSA) is 46.2 Å². The van der Waals surface area contributed by atoms with Crippen molar-refractivity contribution in [1.29, 1.82) is 0 Å². The van der Waals surface area contributed by atoms with Crippen molar-refractivity contribution in [3.63, 3.8) is 0 Å². The van der Waals surface area contributed by atoms with E-state index in [0.717, 1.165) is 11.6 Å². The Bertz CT molecular complexity index is 746. The van der Waals surface area contributed by atoms with Crippen LogP contribution in [0, 0.1) is 22.1 Å². The van der Waals surface area contributed by atoms with Gasteiger partial charge in [-0.3, -0.25) is 4.72 Å². The average Bonchev–Trinajstić information content (AvgIpc) is 2.40. The molecule has 2 rings (SSSR count). The molecule has 0 amide bonds. The predicted molar refractivity (Wildman–Crippen MR) is 81.1 cm³/mol. The van der Waals surface area contributed by atoms with Crippen LogP contribution in [0.2, 0.25) is 0 Å². The highest BCUT2D eigenvalue weighted by atomic mass is 127. The average molecular weight is 409 g/mol. The van der Waals surface area contributed by atoms with Crippen molar-refractivity contribution in [3.8, 4) is 0 Å². The van der Waals surface area contributed by atoms with Crippen LogP contribution in [0.25, 0.3) is 0 Å². The number of nitrogens with one attached hydrogen (secondary N) is 1. The van der Waals surface area contributed by atoms with Crippen molar-refractivity contribution < 1.29 is 17.2 Å². The summed E-state index contributed by atoms with van der Waals surface area (Å²) >= 11 is 1.73. The molecule has 0 saturated heterocycles. The van der Waals surface area contributed by atoms with E-state index in [1.807, 2.05) is 6.92 Å². The summed E-state index contributed by atoms with van der Waals surface area (Å²) in [4.78, 5) is -0.0115. The van der Waals surface area contributed by atoms with Gasteiger partial charge in [0.1, 0.15) is 5.69 Å². The number of hydrogen-bond acceptors (Lipinski definition) is 2. The molecule has 0 aliphatic heterocycles. The summed E-state index contributed by atoms with van der Waals surface area (Å²) in [5.74, 6) is -2.32. The zero-order valence-corrected chi connectivity index (χ0v) is 13.3. The van der Waals surface area contributed by atoms with Gasteiger partial charge in [0.25, 0.3) is 10.0 Å². The Hall–Kier alpha value is -1.22. The highest BCUT2D eigenvalue weighted by Gasteiger charge is 2.20. The van der Waals surface area contributed by atoms with E-state index in [1.54, 1.807) is 34.7 Å². The van der Waals surface area contributed by atoms with Gasteiger partial charge in [0.2, 0.25) is 0 Å². The zero-order valence-electron chi connectivity index (χ0n) is 10.3. The molecule has 2 aromatic rings. The maximum absolute atomic E-state index is 13.7. The molecule has 0 radical (unpaired) electrons. The number of hydrogen-bond donors (Lipinski definition) is 1. The first-order valence-corrected chi connectivity index (χ1v) is 8.10. The second-order valence-corrected chi connectivity index (χ2v) is 6.98. The lowest BCUT2D eigenvalue weighted by atomic mass is 10.2. The number of sulfonamides is 1. The maximum Gasteiger partial charge on any atom is 0.262 e. The first-order valence-electron chi connectivity index (χ1n) is 5.54. The summed E-state index contributed by atoms with van der Waals surface area (Å²) in [5, 5.41) is 0. The highest BCUT2D eigenvalue weighted by Crippen LogP contribution is 2.26. The Morgan fingerprint density at radius 3 is 2.25 bits per heavy atom. The molecule has 0 unspecified atom stereocenters. The summed E-state index contributed by atoms with van der Waals surface area (Å²) in [7, 11) is -3.95. The molecule has 20 heavy (non-hydrogen) atoms. The van der Waals surface area contributed by atoms with Crippen LogP contribution < -0.4 is 4.72 Å². The van der Waals surface area contributed by atoms with E-state index in [9.17, 15) is 17.2 Å². The number of benzene rings is 2. The third-order valence-electron chi connectivity index (χ3n) is 2.61. The standard InChI is InChI=1S/C13H10F2INO2S/c1-8-2-4-9(5-3-8)20(18,19)17-13-11(16)7-6-10(14)12(13)15/h2-7,17H,1H3. The van der Waals surface area contributed by atoms with Crippen molar-refractivity contribution in [1.82, 2.24) is 0 Å². The molecule has 7 heteroatoms. The molecule has 0 heterocycles. The van der Waals surface area contributed by atoms with Crippen LogP contribution in [-0.4, -0.2) is 8.42 Å². The van der Waals surface area contributed by atoms with Crippen molar-refractivity contribution >= 4 is 38.3 Å². The van der Waals surface area contributed by atoms with Crippen LogP contribution in [0.3, 0.4) is 0 Å². The van der Waals surface area contributed by atoms with Crippen LogP contribution in [0.5, 0.6) is 0 Å². The van der Waals surface area contributed by atoms with E-state index in [0.29, 0.717) is 0 Å². The number of anilines is 1. The third kappa shape index (κ3) is 3.09. The molecule has 1 N–H and O–H groups in total. The molecule has 0 aromatic heterocycles. The normalized spacial score (nSPS) is 11.4. The monoisotopic (exact) mass is 409 g/mol. The Kier molecular flexibility index (Phi) is 4.28. The molecule has 3 nitrogen and oxygen atoms in total. The largest absolute Gasteiger partial charge is 0.275 e. The van der Waals surface area contributed by atoms with Crippen LogP contribution in [-0.2, 0) is 10.0 Å². The Morgan fingerprint density at radius 2 is 1.65 bits per heavy atom. The fourth-order valence-electron chi connectivity index (χ4n) is 1.53. The first-order chi connectivity index (χ1) is 9.31. The quantitative estimate of drug-likeness (QED) is 0.621. The second kappa shape index (κ2) is 5.65. The van der Waals surface area contributed by atoms with E-state index in [1.165, 1.54) is 18.2 Å². The summed E-state index contributed by atoms with van der Waals surface area (Å²) in [6.07, 6.45) is 0. The molecular formula is C13H10F2INO2S. The molecular weight excluding hydrogens is 399 g/mol. The molecule has 0 aliphatic carbocycles. The van der Waals surface area contributed by atoms with Gasteiger partial charge in [-0.1, -0.05) is 17.7 Å². The summed E-state index contributed by atoms with van der Waals surface area (Å²) < 4.78 is 53.4. The van der Waals surface area contributed by atoms with Gasteiger partial charge in [0.05, 0.1) is 4.90 Å². The lowest BCUT2D eigenvalue weighted by Crippen LogP contribution is -2.15. The molecule has 106 valence electrons. The van der Waals surface area contributed by atoms with Gasteiger partial charge in [-0.2, -0.15) is 0 Å². The SMILES string of the molecule is Cc1ccc(S(=O)(=O)Nc2c(I)ccc(F)c2F)cc1. The minimum Gasteiger partial charge on any atom is -0.275 e. The van der Waals surface area contributed by atoms with E-state index >= 15 is 0 Å². The zero-order chi connectivity index (χ0) is 14.9. The van der Waals surface area contributed by atoms with Gasteiger partial charge in [0, 0.05) is 3.57 Å². The minimum atomic E-state index is -3.95. The summed E-state index contributed by atoms with van der Waals surface area (Å²) in [6, 6.07) is 8.30. The molecule has 0 atom stereocenters. The third-order valence-corrected chi connectivity index (χ3v) is 4.88. The number of aryl methyl sites for hydroxylation is 1. The molecule has 0 fully saturated rings. The molecule has 0 aliphatic rings. The van der Waals surface area contributed by atoms with Crippen molar-refractivity contribution in [3.05, 3.63) is 57.2 Å². The van der Waals surface area contributed by atoms with E-state index < -0.39 is 21.7 Å². The van der Waals surface area contributed by atoms with Crippen LogP contribution in [0.4, 0.5) is 14.5 Å². The molecule has 2 aromatic carbocycles.